The second-order valence-electron chi connectivity index (χ2n) is 32.7. The Bertz CT molecular complexity index is 3930. The highest BCUT2D eigenvalue weighted by molar-refractivity contribution is 7.00. The Morgan fingerprint density at radius 1 is 0.535 bits per heavy atom. The summed E-state index contributed by atoms with van der Waals surface area (Å²) in [5.74, 6) is 2.96. The van der Waals surface area contributed by atoms with Crippen molar-refractivity contribution in [3.8, 4) is 11.1 Å². The van der Waals surface area contributed by atoms with Gasteiger partial charge in [0.1, 0.15) is 5.76 Å². The van der Waals surface area contributed by atoms with Gasteiger partial charge in [-0.15, -0.1) is 0 Å². The van der Waals surface area contributed by atoms with Crippen LogP contribution in [0.3, 0.4) is 0 Å². The van der Waals surface area contributed by atoms with Gasteiger partial charge in [-0.05, 0) is 231 Å². The van der Waals surface area contributed by atoms with Crippen molar-refractivity contribution in [2.24, 2.45) is 5.41 Å². The summed E-state index contributed by atoms with van der Waals surface area (Å²) in [5, 5.41) is 0. The molecule has 4 heterocycles. The van der Waals surface area contributed by atoms with Crippen molar-refractivity contribution in [1.29, 1.82) is 0 Å². The van der Waals surface area contributed by atoms with E-state index in [1.807, 2.05) is 0 Å². The minimum atomic E-state index is -0.100. The Balaban J connectivity index is 1.12. The SMILES string of the molecule is CCC1CCC(C2(C)CCCCC2)=Cc2oc3c(c21)B1c2cc4c(cc2N(c2ccc(C(C)(C)C)cc2-c2ccccc2)c2cc(N5c6ccccc6C6CCCCC65C)cc(c21)N3c1ccc2c(c1)C(C)(C)CCC2(C)C)C(C)(C)CCC4(C)C. The highest BCUT2D eigenvalue weighted by Gasteiger charge is 2.54. The predicted molar refractivity (Wildman–Crippen MR) is 367 cm³/mol. The van der Waals surface area contributed by atoms with E-state index in [0.29, 0.717) is 11.8 Å². The Kier molecular flexibility index (Phi) is 12.7. The molecule has 0 radical (unpaired) electrons. The van der Waals surface area contributed by atoms with Crippen LogP contribution in [-0.4, -0.2) is 12.3 Å². The third kappa shape index (κ3) is 8.40. The Morgan fingerprint density at radius 3 is 1.87 bits per heavy atom. The molecule has 4 nitrogen and oxygen atoms in total. The van der Waals surface area contributed by atoms with Gasteiger partial charge in [0.25, 0.3) is 6.71 Å². The average molecular weight is 1140 g/mol. The number of hydrogen-bond acceptors (Lipinski definition) is 4. The average Bonchev–Trinajstić information content (AvgIpc) is 1.17. The van der Waals surface area contributed by atoms with Crippen LogP contribution >= 0.6 is 0 Å². The molecule has 0 saturated heterocycles. The lowest BCUT2D eigenvalue weighted by Gasteiger charge is -2.48. The van der Waals surface area contributed by atoms with Gasteiger partial charge < -0.3 is 14.2 Å². The first-order chi connectivity index (χ1) is 40.9. The largest absolute Gasteiger partial charge is 0.441 e. The van der Waals surface area contributed by atoms with Crippen molar-refractivity contribution in [3.05, 3.63) is 166 Å². The molecule has 7 aromatic rings. The highest BCUT2D eigenvalue weighted by atomic mass is 16.4. The lowest BCUT2D eigenvalue weighted by atomic mass is 9.32. The topological polar surface area (TPSA) is 22.9 Å². The molecule has 6 aromatic carbocycles. The van der Waals surface area contributed by atoms with Crippen molar-refractivity contribution < 1.29 is 4.42 Å². The number of para-hydroxylation sites is 1. The molecular formula is C81H96BN3O. The maximum Gasteiger partial charge on any atom is 0.256 e. The monoisotopic (exact) mass is 1140 g/mol. The zero-order valence-corrected chi connectivity index (χ0v) is 54.8. The molecule has 444 valence electrons. The van der Waals surface area contributed by atoms with E-state index in [1.54, 1.807) is 5.57 Å². The Morgan fingerprint density at radius 2 is 1.17 bits per heavy atom. The molecule has 5 heteroatoms. The maximum absolute atomic E-state index is 8.15. The standard InChI is InChI=1S/C81H96BN3O/c1-15-51-31-32-54(80(13)37-23-17-24-38-80)45-70-71(51)73-74(86-70)83(55-34-35-60-61(46-55)77(7,8)41-40-76(60,5)6)68-47-56(85-66-30-21-20-28-57(66)59-29-22-25-39-81(59,85)14)48-69-72(68)82(73)64-49-62-63(79(11,12)43-42-78(62,9)10)50-67(64)84(69)65-36-33-53(75(2,3)4)44-58(65)52-26-18-16-19-27-52/h16,18-21,26-28,30,33-36,44-51,59H,15,17,22-25,29,31-32,37-43H2,1-14H3. The van der Waals surface area contributed by atoms with Crippen LogP contribution in [0.4, 0.5) is 45.7 Å². The predicted octanol–water partition coefficient (Wildman–Crippen LogP) is 21.2. The molecule has 0 N–H and O–H groups in total. The molecule has 0 bridgehead atoms. The lowest BCUT2D eigenvalue weighted by Crippen LogP contribution is -2.62. The van der Waals surface area contributed by atoms with E-state index < -0.39 is 0 Å². The summed E-state index contributed by atoms with van der Waals surface area (Å²) in [6.07, 6.45) is 22.0. The molecule has 2 saturated carbocycles. The van der Waals surface area contributed by atoms with Crippen LogP contribution in [0.15, 0.2) is 125 Å². The molecule has 0 amide bonds. The van der Waals surface area contributed by atoms with Gasteiger partial charge >= 0.3 is 0 Å². The number of rotatable bonds is 6. The van der Waals surface area contributed by atoms with Gasteiger partial charge in [-0.2, -0.15) is 0 Å². The van der Waals surface area contributed by atoms with E-state index in [1.165, 1.54) is 164 Å². The van der Waals surface area contributed by atoms with Crippen LogP contribution < -0.4 is 31.1 Å². The number of anilines is 8. The van der Waals surface area contributed by atoms with Gasteiger partial charge in [0.2, 0.25) is 5.88 Å². The minimum Gasteiger partial charge on any atom is -0.441 e. The summed E-state index contributed by atoms with van der Waals surface area (Å²) in [7, 11) is 0. The number of allylic oxidation sites excluding steroid dienone is 1. The van der Waals surface area contributed by atoms with E-state index in [2.05, 4.69) is 233 Å². The number of nitrogens with zero attached hydrogens (tertiary/aromatic N) is 3. The van der Waals surface area contributed by atoms with E-state index in [4.69, 9.17) is 4.42 Å². The molecular weight excluding hydrogens is 1040 g/mol. The van der Waals surface area contributed by atoms with Crippen LogP contribution in [0, 0.1) is 5.41 Å². The van der Waals surface area contributed by atoms with Crippen LogP contribution in [-0.2, 0) is 27.1 Å². The molecule has 2 fully saturated rings. The first-order valence-corrected chi connectivity index (χ1v) is 34.0. The fourth-order valence-corrected chi connectivity index (χ4v) is 18.9. The summed E-state index contributed by atoms with van der Waals surface area (Å²) >= 11 is 0. The van der Waals surface area contributed by atoms with Crippen molar-refractivity contribution in [1.82, 2.24) is 0 Å². The molecule has 1 aromatic heterocycles. The molecule has 3 aliphatic heterocycles. The van der Waals surface area contributed by atoms with E-state index in [9.17, 15) is 0 Å². The molecule has 8 aliphatic rings. The fourth-order valence-electron chi connectivity index (χ4n) is 18.9. The van der Waals surface area contributed by atoms with Crippen LogP contribution in [0.25, 0.3) is 17.2 Å². The van der Waals surface area contributed by atoms with Crippen LogP contribution in [0.1, 0.15) is 256 Å². The maximum atomic E-state index is 8.15. The van der Waals surface area contributed by atoms with Gasteiger partial charge in [0, 0.05) is 51.1 Å². The molecule has 3 atom stereocenters. The van der Waals surface area contributed by atoms with Crippen LogP contribution in [0.5, 0.6) is 0 Å². The van der Waals surface area contributed by atoms with Gasteiger partial charge in [-0.25, -0.2) is 0 Å². The fraction of sp³-hybridized carbons (Fsp3) is 0.481. The normalized spacial score (nSPS) is 24.2. The summed E-state index contributed by atoms with van der Waals surface area (Å²) in [6, 6.07) is 46.9. The van der Waals surface area contributed by atoms with Gasteiger partial charge in [-0.1, -0.05) is 194 Å². The van der Waals surface area contributed by atoms with Gasteiger partial charge in [0.15, 0.2) is 0 Å². The second kappa shape index (κ2) is 19.4. The van der Waals surface area contributed by atoms with Gasteiger partial charge in [-0.3, -0.25) is 4.90 Å². The first-order valence-electron chi connectivity index (χ1n) is 34.0. The van der Waals surface area contributed by atoms with Crippen molar-refractivity contribution in [3.63, 3.8) is 0 Å². The molecule has 5 aliphatic carbocycles. The first kappa shape index (κ1) is 56.3. The quantitative estimate of drug-likeness (QED) is 0.155. The number of hydrogen-bond donors (Lipinski definition) is 0. The Hall–Kier alpha value is -6.20. The van der Waals surface area contributed by atoms with Crippen molar-refractivity contribution in [2.75, 3.05) is 14.7 Å². The molecule has 86 heavy (non-hydrogen) atoms. The zero-order valence-electron chi connectivity index (χ0n) is 54.8. The second-order valence-corrected chi connectivity index (χ2v) is 32.7. The minimum absolute atomic E-state index is 0.00403. The van der Waals surface area contributed by atoms with E-state index in [0.717, 1.165) is 56.6 Å². The summed E-state index contributed by atoms with van der Waals surface area (Å²) in [6.45, 7) is 34.8. The van der Waals surface area contributed by atoms with E-state index >= 15 is 0 Å². The summed E-state index contributed by atoms with van der Waals surface area (Å²) in [4.78, 5) is 8.35. The number of fused-ring (bicyclic) bond motifs is 11. The highest BCUT2D eigenvalue weighted by Crippen LogP contribution is 2.61. The van der Waals surface area contributed by atoms with Crippen molar-refractivity contribution in [2.45, 2.75) is 244 Å². The van der Waals surface area contributed by atoms with Gasteiger partial charge in [0.05, 0.1) is 5.69 Å². The smallest absolute Gasteiger partial charge is 0.256 e. The number of furan rings is 1. The number of benzene rings is 6. The molecule has 3 unspecified atom stereocenters. The summed E-state index contributed by atoms with van der Waals surface area (Å²) in [5.41, 5.74) is 27.7. The van der Waals surface area contributed by atoms with Crippen molar-refractivity contribution >= 4 is 74.9 Å². The molecule has 15 rings (SSSR count). The Labute approximate surface area is 517 Å². The summed E-state index contributed by atoms with van der Waals surface area (Å²) < 4.78 is 8.15. The lowest BCUT2D eigenvalue weighted by molar-refractivity contribution is 0.260. The third-order valence-electron chi connectivity index (χ3n) is 24.4. The third-order valence-corrected chi connectivity index (χ3v) is 24.4. The van der Waals surface area contributed by atoms with Crippen LogP contribution in [0.2, 0.25) is 0 Å². The zero-order chi connectivity index (χ0) is 59.8. The van der Waals surface area contributed by atoms with E-state index in [-0.39, 0.29) is 44.7 Å². The molecule has 0 spiro atoms.